The van der Waals surface area contributed by atoms with Crippen molar-refractivity contribution in [2.75, 3.05) is 7.11 Å². The summed E-state index contributed by atoms with van der Waals surface area (Å²) < 4.78 is 11.0. The van der Waals surface area contributed by atoms with Crippen LogP contribution in [0.5, 0.6) is 5.75 Å². The third-order valence-electron chi connectivity index (χ3n) is 5.94. The fourth-order valence-electron chi connectivity index (χ4n) is 4.73. The second-order valence-electron chi connectivity index (χ2n) is 7.27. The lowest BCUT2D eigenvalue weighted by Gasteiger charge is -2.16. The Kier molecular flexibility index (Phi) is 3.56. The summed E-state index contributed by atoms with van der Waals surface area (Å²) in [6.45, 7) is 1.94. The molecule has 2 aromatic rings. The second kappa shape index (κ2) is 5.72. The summed E-state index contributed by atoms with van der Waals surface area (Å²) in [5.41, 5.74) is 1.61. The molecule has 0 N–H and O–H groups in total. The Morgan fingerprint density at radius 1 is 1.08 bits per heavy atom. The third kappa shape index (κ3) is 2.15. The molecule has 3 unspecified atom stereocenters. The molecule has 1 saturated carbocycles. The number of rotatable bonds is 3. The van der Waals surface area contributed by atoms with Gasteiger partial charge in [-0.15, -0.1) is 11.3 Å². The van der Waals surface area contributed by atoms with E-state index in [1.54, 1.807) is 7.11 Å². The van der Waals surface area contributed by atoms with Crippen LogP contribution < -0.4 is 4.74 Å². The number of nitrogens with zero attached hydrogens (tertiary/aromatic N) is 1. The molecule has 134 valence electrons. The molecule has 2 saturated heterocycles. The van der Waals surface area contributed by atoms with Crippen LogP contribution in [0.4, 0.5) is 0 Å². The van der Waals surface area contributed by atoms with Gasteiger partial charge < -0.3 is 9.47 Å². The first-order chi connectivity index (χ1) is 12.6. The van der Waals surface area contributed by atoms with Crippen LogP contribution in [-0.4, -0.2) is 35.9 Å². The number of hydrogen-bond donors (Lipinski definition) is 0. The van der Waals surface area contributed by atoms with E-state index in [4.69, 9.17) is 14.5 Å². The van der Waals surface area contributed by atoms with Gasteiger partial charge in [0.2, 0.25) is 0 Å². The second-order valence-corrected chi connectivity index (χ2v) is 8.47. The maximum atomic E-state index is 13.0. The van der Waals surface area contributed by atoms with Crippen molar-refractivity contribution < 1.29 is 19.1 Å². The average Bonchev–Trinajstić information content (AvgIpc) is 3.40. The Balaban J connectivity index is 1.50. The highest BCUT2D eigenvalue weighted by molar-refractivity contribution is 7.15. The number of carbonyl (C=O) groups is 2. The van der Waals surface area contributed by atoms with Crippen molar-refractivity contribution in [3.8, 4) is 16.3 Å². The van der Waals surface area contributed by atoms with Crippen molar-refractivity contribution in [2.45, 2.75) is 37.9 Å². The zero-order chi connectivity index (χ0) is 18.0. The molecule has 3 aliphatic rings. The van der Waals surface area contributed by atoms with Gasteiger partial charge in [0, 0.05) is 10.4 Å². The quantitative estimate of drug-likeness (QED) is 0.778. The number of aryl methyl sites for hydroxylation is 1. The van der Waals surface area contributed by atoms with E-state index < -0.39 is 5.92 Å². The lowest BCUT2D eigenvalue weighted by molar-refractivity contribution is -0.127. The van der Waals surface area contributed by atoms with E-state index >= 15 is 0 Å². The predicted octanol–water partition coefficient (Wildman–Crippen LogP) is 3.16. The van der Waals surface area contributed by atoms with E-state index in [9.17, 15) is 9.59 Å². The summed E-state index contributed by atoms with van der Waals surface area (Å²) in [4.78, 5) is 31.7. The van der Waals surface area contributed by atoms with E-state index in [2.05, 4.69) is 0 Å². The summed E-state index contributed by atoms with van der Waals surface area (Å²) in [5, 5.41) is 0.831. The van der Waals surface area contributed by atoms with Crippen LogP contribution >= 0.6 is 11.3 Å². The molecule has 6 heteroatoms. The van der Waals surface area contributed by atoms with Crippen LogP contribution in [0.3, 0.4) is 0 Å². The van der Waals surface area contributed by atoms with E-state index in [0.29, 0.717) is 5.69 Å². The molecule has 5 rings (SSSR count). The van der Waals surface area contributed by atoms with Crippen LogP contribution in [0.2, 0.25) is 0 Å². The summed E-state index contributed by atoms with van der Waals surface area (Å²) in [5.74, 6) is -0.399. The van der Waals surface area contributed by atoms with Gasteiger partial charge >= 0.3 is 0 Å². The average molecular weight is 369 g/mol. The molecule has 0 radical (unpaired) electrons. The Bertz CT molecular complexity index is 875. The van der Waals surface area contributed by atoms with Gasteiger partial charge in [-0.25, -0.2) is 4.98 Å². The molecule has 1 aromatic heterocycles. The molecular weight excluding hydrogens is 350 g/mol. The molecule has 26 heavy (non-hydrogen) atoms. The molecule has 5 nitrogen and oxygen atoms in total. The van der Waals surface area contributed by atoms with Crippen molar-refractivity contribution in [2.24, 2.45) is 11.8 Å². The van der Waals surface area contributed by atoms with Gasteiger partial charge in [-0.05, 0) is 44.0 Å². The van der Waals surface area contributed by atoms with Gasteiger partial charge in [0.15, 0.2) is 11.6 Å². The lowest BCUT2D eigenvalue weighted by Crippen LogP contribution is -2.29. The SMILES string of the molecule is COc1ccc(-c2nc(C3C(=O)[C@@H]4C5CCC(O5)[C@@H]4C3=O)c(C)s2)cc1. The molecule has 5 atom stereocenters. The number of fused-ring (bicyclic) bond motifs is 5. The van der Waals surface area contributed by atoms with Gasteiger partial charge in [-0.3, -0.25) is 9.59 Å². The number of Topliss-reactive ketones (excluding diaryl/α,β-unsaturated/α-hetero) is 2. The molecule has 3 heterocycles. The first kappa shape index (κ1) is 16.1. The van der Waals surface area contributed by atoms with E-state index in [1.165, 1.54) is 11.3 Å². The minimum absolute atomic E-state index is 0.0156. The summed E-state index contributed by atoms with van der Waals surface area (Å²) in [6.07, 6.45) is 1.66. The van der Waals surface area contributed by atoms with Gasteiger partial charge in [-0.2, -0.15) is 0 Å². The zero-order valence-electron chi connectivity index (χ0n) is 14.6. The number of benzene rings is 1. The molecule has 3 fully saturated rings. The minimum Gasteiger partial charge on any atom is -0.497 e. The Hall–Kier alpha value is -2.05. The largest absolute Gasteiger partial charge is 0.497 e. The zero-order valence-corrected chi connectivity index (χ0v) is 15.4. The van der Waals surface area contributed by atoms with Gasteiger partial charge in [-0.1, -0.05) is 0 Å². The standard InChI is InChI=1S/C20H19NO4S/c1-9-17(21-20(26-9)10-3-5-11(24-2)6-4-10)16-18(22)14-12-7-8-13(25-12)15(14)19(16)23/h3-6,12-16H,7-8H2,1-2H3/t12?,13?,14-,15+,16?. The van der Waals surface area contributed by atoms with Gasteiger partial charge in [0.1, 0.15) is 16.7 Å². The molecule has 1 aromatic carbocycles. The number of ketones is 2. The number of carbonyl (C=O) groups excluding carboxylic acids is 2. The first-order valence-corrected chi connectivity index (χ1v) is 9.75. The maximum absolute atomic E-state index is 13.0. The predicted molar refractivity (Wildman–Crippen MR) is 96.5 cm³/mol. The molecule has 2 bridgehead atoms. The van der Waals surface area contributed by atoms with Crippen LogP contribution in [0, 0.1) is 18.8 Å². The highest BCUT2D eigenvalue weighted by atomic mass is 32.1. The van der Waals surface area contributed by atoms with E-state index in [-0.39, 0.29) is 35.6 Å². The minimum atomic E-state index is -0.708. The molecular formula is C20H19NO4S. The number of ether oxygens (including phenoxy) is 2. The van der Waals surface area contributed by atoms with Crippen molar-refractivity contribution in [1.29, 1.82) is 0 Å². The number of thiazole rings is 1. The highest BCUT2D eigenvalue weighted by Crippen LogP contribution is 2.52. The fourth-order valence-corrected chi connectivity index (χ4v) is 5.68. The normalized spacial score (nSPS) is 32.3. The van der Waals surface area contributed by atoms with Crippen molar-refractivity contribution in [1.82, 2.24) is 4.98 Å². The van der Waals surface area contributed by atoms with E-state index in [0.717, 1.165) is 34.0 Å². The Morgan fingerprint density at radius 2 is 1.69 bits per heavy atom. The first-order valence-electron chi connectivity index (χ1n) is 8.93. The number of methoxy groups -OCH3 is 1. The van der Waals surface area contributed by atoms with E-state index in [1.807, 2.05) is 31.2 Å². The monoisotopic (exact) mass is 369 g/mol. The van der Waals surface area contributed by atoms with Crippen molar-refractivity contribution >= 4 is 22.9 Å². The van der Waals surface area contributed by atoms with Gasteiger partial charge in [0.05, 0.1) is 36.8 Å². The number of aromatic nitrogens is 1. The molecule has 2 aliphatic heterocycles. The smallest absolute Gasteiger partial charge is 0.155 e. The van der Waals surface area contributed by atoms with Crippen LogP contribution in [0.15, 0.2) is 24.3 Å². The highest BCUT2D eigenvalue weighted by Gasteiger charge is 2.63. The maximum Gasteiger partial charge on any atom is 0.155 e. The van der Waals surface area contributed by atoms with Crippen LogP contribution in [0.25, 0.3) is 10.6 Å². The van der Waals surface area contributed by atoms with Crippen molar-refractivity contribution in [3.05, 3.63) is 34.8 Å². The molecule has 0 amide bonds. The van der Waals surface area contributed by atoms with Gasteiger partial charge in [0.25, 0.3) is 0 Å². The topological polar surface area (TPSA) is 65.5 Å². The molecule has 0 spiro atoms. The summed E-state index contributed by atoms with van der Waals surface area (Å²) in [7, 11) is 1.63. The Morgan fingerprint density at radius 3 is 2.27 bits per heavy atom. The summed E-state index contributed by atoms with van der Waals surface area (Å²) >= 11 is 1.53. The fraction of sp³-hybridized carbons (Fsp3) is 0.450. The lowest BCUT2D eigenvalue weighted by atomic mass is 9.81. The Labute approximate surface area is 155 Å². The van der Waals surface area contributed by atoms with Crippen molar-refractivity contribution in [3.63, 3.8) is 0 Å². The van der Waals surface area contributed by atoms with Crippen LogP contribution in [-0.2, 0) is 14.3 Å². The molecule has 1 aliphatic carbocycles. The summed E-state index contributed by atoms with van der Waals surface area (Å²) in [6, 6.07) is 7.66. The number of hydrogen-bond acceptors (Lipinski definition) is 6. The van der Waals surface area contributed by atoms with Crippen LogP contribution in [0.1, 0.15) is 29.3 Å². The third-order valence-corrected chi connectivity index (χ3v) is 6.98.